The summed E-state index contributed by atoms with van der Waals surface area (Å²) < 4.78 is 11.7. The molecule has 0 saturated carbocycles. The highest BCUT2D eigenvalue weighted by Crippen LogP contribution is 2.38. The zero-order valence-corrected chi connectivity index (χ0v) is 17.9. The van der Waals surface area contributed by atoms with Gasteiger partial charge in [0.15, 0.2) is 14.5 Å². The maximum absolute atomic E-state index is 12.3. The molecule has 7 heteroatoms. The number of carbonyl (C=O) groups is 1. The Morgan fingerprint density at radius 2 is 1.87 bits per heavy atom. The molecule has 134 valence electrons. The van der Waals surface area contributed by atoms with Crippen LogP contribution < -0.4 is 0 Å². The maximum Gasteiger partial charge on any atom is 0.436 e. The van der Waals surface area contributed by atoms with Crippen LogP contribution in [-0.2, 0) is 14.0 Å². The maximum atomic E-state index is 12.3. The van der Waals surface area contributed by atoms with Gasteiger partial charge < -0.3 is 9.16 Å². The van der Waals surface area contributed by atoms with Crippen LogP contribution in [0.2, 0.25) is 43.8 Å². The minimum absolute atomic E-state index is 0.0612. The summed E-state index contributed by atoms with van der Waals surface area (Å²) in [6.07, 6.45) is 2.79. The lowest BCUT2D eigenvalue weighted by Crippen LogP contribution is -2.51. The second kappa shape index (κ2) is 7.50. The van der Waals surface area contributed by atoms with E-state index in [1.165, 1.54) is 5.06 Å². The highest BCUT2D eigenvalue weighted by Gasteiger charge is 2.41. The molecule has 23 heavy (non-hydrogen) atoms. The van der Waals surface area contributed by atoms with Gasteiger partial charge in [-0.15, -0.1) is 0 Å². The first kappa shape index (κ1) is 20.4. The Bertz CT molecular complexity index is 438. The molecule has 0 aliphatic carbocycles. The first-order valence-corrected chi connectivity index (χ1v) is 14.9. The molecule has 1 unspecified atom stereocenters. The average Bonchev–Trinajstić information content (AvgIpc) is 2.35. The molecule has 1 amide bonds. The number of rotatable bonds is 5. The van der Waals surface area contributed by atoms with Crippen LogP contribution in [0.5, 0.6) is 0 Å². The largest absolute Gasteiger partial charge is 0.448 e. The molecule has 1 aliphatic rings. The lowest BCUT2D eigenvalue weighted by Gasteiger charge is -2.41. The number of amides is 1. The molecule has 1 aliphatic heterocycles. The third-order valence-electron chi connectivity index (χ3n) is 4.32. The van der Waals surface area contributed by atoms with Gasteiger partial charge in [-0.25, -0.2) is 4.79 Å². The topological polar surface area (TPSA) is 48.0 Å². The van der Waals surface area contributed by atoms with E-state index in [-0.39, 0.29) is 5.04 Å². The molecule has 0 fully saturated rings. The summed E-state index contributed by atoms with van der Waals surface area (Å²) in [5.41, 5.74) is 0. The van der Waals surface area contributed by atoms with Gasteiger partial charge in [-0.1, -0.05) is 46.5 Å². The number of ether oxygens (including phenoxy) is 1. The number of hydrogen-bond acceptors (Lipinski definition) is 4. The summed E-state index contributed by atoms with van der Waals surface area (Å²) in [4.78, 5) is 17.8. The van der Waals surface area contributed by atoms with Gasteiger partial charge in [-0.2, -0.15) is 5.06 Å². The molecule has 0 aromatic carbocycles. The van der Waals surface area contributed by atoms with E-state index in [2.05, 4.69) is 53.5 Å². The molecule has 0 aromatic heterocycles. The van der Waals surface area contributed by atoms with Gasteiger partial charge in [0, 0.05) is 8.07 Å². The molecule has 1 atom stereocenters. The van der Waals surface area contributed by atoms with E-state index >= 15 is 0 Å². The summed E-state index contributed by atoms with van der Waals surface area (Å²) in [5, 5.41) is 1.30. The molecule has 1 rings (SSSR count). The van der Waals surface area contributed by atoms with E-state index in [0.29, 0.717) is 13.2 Å². The third-order valence-corrected chi connectivity index (χ3v) is 10.5. The van der Waals surface area contributed by atoms with Crippen LogP contribution in [0.25, 0.3) is 0 Å². The van der Waals surface area contributed by atoms with Crippen molar-refractivity contribution in [1.29, 1.82) is 0 Å². The second-order valence-electron chi connectivity index (χ2n) is 8.74. The van der Waals surface area contributed by atoms with Gasteiger partial charge >= 0.3 is 6.09 Å². The Kier molecular flexibility index (Phi) is 6.66. The Hall–Kier alpha value is -0.636. The number of hydroxylamine groups is 2. The quantitative estimate of drug-likeness (QED) is 0.531. The van der Waals surface area contributed by atoms with E-state index < -0.39 is 28.7 Å². The molecule has 0 spiro atoms. The fraction of sp³-hybridized carbons (Fsp3) is 0.812. The summed E-state index contributed by atoms with van der Waals surface area (Å²) in [6.45, 7) is 18.4. The minimum atomic E-state index is -2.01. The molecule has 1 heterocycles. The smallest absolute Gasteiger partial charge is 0.436 e. The lowest BCUT2D eigenvalue weighted by atomic mass is 10.2. The van der Waals surface area contributed by atoms with Crippen LogP contribution in [0.3, 0.4) is 0 Å². The van der Waals surface area contributed by atoms with Crippen molar-refractivity contribution in [3.8, 4) is 0 Å². The molecule has 0 aromatic rings. The van der Waals surface area contributed by atoms with Crippen LogP contribution in [0.4, 0.5) is 4.79 Å². The molecular formula is C16H33NO4Si2. The predicted molar refractivity (Wildman–Crippen MR) is 98.5 cm³/mol. The van der Waals surface area contributed by atoms with Crippen molar-refractivity contribution in [2.45, 2.75) is 70.8 Å². The first-order chi connectivity index (χ1) is 10.3. The van der Waals surface area contributed by atoms with Crippen LogP contribution in [-0.4, -0.2) is 47.0 Å². The third kappa shape index (κ3) is 6.41. The monoisotopic (exact) mass is 359 g/mol. The molecule has 0 radical (unpaired) electrons. The summed E-state index contributed by atoms with van der Waals surface area (Å²) in [5.74, 6) is 0. The molecule has 0 N–H and O–H groups in total. The summed E-state index contributed by atoms with van der Waals surface area (Å²) in [6, 6.07) is 0.941. The van der Waals surface area contributed by atoms with Crippen LogP contribution in [0, 0.1) is 0 Å². The van der Waals surface area contributed by atoms with Crippen LogP contribution in [0.1, 0.15) is 20.8 Å². The Balaban J connectivity index is 2.69. The Labute approximate surface area is 143 Å². The van der Waals surface area contributed by atoms with E-state index in [1.807, 2.05) is 12.2 Å². The standard InChI is InChI=1S/C16H33NO4Si2/c1-16(2,3)23(7,8)21-14-10-9-11-20-17(14)15(18)19-12-13-22(4,5)6/h9-10,14H,11-13H2,1-8H3. The van der Waals surface area contributed by atoms with E-state index in [1.54, 1.807) is 0 Å². The predicted octanol–water partition coefficient (Wildman–Crippen LogP) is 4.61. The zero-order valence-electron chi connectivity index (χ0n) is 15.9. The molecule has 0 bridgehead atoms. The van der Waals surface area contributed by atoms with Gasteiger partial charge in [0.1, 0.15) is 0 Å². The Morgan fingerprint density at radius 3 is 2.39 bits per heavy atom. The summed E-state index contributed by atoms with van der Waals surface area (Å²) >= 11 is 0. The van der Waals surface area contributed by atoms with E-state index in [0.717, 1.165) is 6.04 Å². The number of carbonyl (C=O) groups excluding carboxylic acids is 1. The molecular weight excluding hydrogens is 326 g/mol. The van der Waals surface area contributed by atoms with Gasteiger partial charge in [-0.05, 0) is 30.3 Å². The second-order valence-corrected chi connectivity index (χ2v) is 19.1. The van der Waals surface area contributed by atoms with Crippen molar-refractivity contribution in [3.05, 3.63) is 12.2 Å². The Morgan fingerprint density at radius 1 is 1.26 bits per heavy atom. The van der Waals surface area contributed by atoms with Crippen LogP contribution in [0.15, 0.2) is 12.2 Å². The van der Waals surface area contributed by atoms with E-state index in [4.69, 9.17) is 14.0 Å². The van der Waals surface area contributed by atoms with Gasteiger partial charge in [0.25, 0.3) is 0 Å². The average molecular weight is 360 g/mol. The van der Waals surface area contributed by atoms with Crippen molar-refractivity contribution in [1.82, 2.24) is 5.06 Å². The molecule has 5 nitrogen and oxygen atoms in total. The first-order valence-electron chi connectivity index (χ1n) is 8.27. The number of nitrogens with zero attached hydrogens (tertiary/aromatic N) is 1. The normalized spacial score (nSPS) is 19.8. The van der Waals surface area contributed by atoms with Crippen molar-refractivity contribution >= 4 is 22.5 Å². The number of hydrogen-bond donors (Lipinski definition) is 0. The van der Waals surface area contributed by atoms with Crippen molar-refractivity contribution in [3.63, 3.8) is 0 Å². The minimum Gasteiger partial charge on any atom is -0.448 e. The van der Waals surface area contributed by atoms with Gasteiger partial charge in [0.2, 0.25) is 0 Å². The van der Waals surface area contributed by atoms with Gasteiger partial charge in [-0.3, -0.25) is 4.84 Å². The fourth-order valence-electron chi connectivity index (χ4n) is 1.68. The van der Waals surface area contributed by atoms with Crippen molar-refractivity contribution in [2.75, 3.05) is 13.2 Å². The van der Waals surface area contributed by atoms with E-state index in [9.17, 15) is 4.79 Å². The van der Waals surface area contributed by atoms with Crippen LogP contribution >= 0.6 is 0 Å². The fourth-order valence-corrected chi connectivity index (χ4v) is 3.52. The van der Waals surface area contributed by atoms with Crippen molar-refractivity contribution < 1.29 is 18.8 Å². The highest BCUT2D eigenvalue weighted by atomic mass is 28.4. The molecule has 0 saturated heterocycles. The van der Waals surface area contributed by atoms with Crippen molar-refractivity contribution in [2.24, 2.45) is 0 Å². The SMILES string of the molecule is CC(C)(C)[Si](C)(C)OC1C=CCON1C(=O)OCC[Si](C)(C)C. The zero-order chi connectivity index (χ0) is 17.9. The lowest BCUT2D eigenvalue weighted by molar-refractivity contribution is -0.192. The highest BCUT2D eigenvalue weighted by molar-refractivity contribution is 6.76. The summed E-state index contributed by atoms with van der Waals surface area (Å²) in [7, 11) is -3.24. The van der Waals surface area contributed by atoms with Gasteiger partial charge in [0.05, 0.1) is 13.2 Å².